The molecular formula is C20H19NO4. The number of nitrogens with zero attached hydrogens (tertiary/aromatic N) is 1. The number of ketones is 1. The van der Waals surface area contributed by atoms with Crippen molar-refractivity contribution in [3.05, 3.63) is 65.4 Å². The van der Waals surface area contributed by atoms with Gasteiger partial charge >= 0.3 is 6.09 Å². The maximum absolute atomic E-state index is 12.4. The van der Waals surface area contributed by atoms with E-state index in [-0.39, 0.29) is 11.5 Å². The zero-order chi connectivity index (χ0) is 17.8. The lowest BCUT2D eigenvalue weighted by molar-refractivity contribution is 0.101. The molecule has 0 atom stereocenters. The number of amides is 1. The Bertz CT molecular complexity index is 823. The molecule has 0 bridgehead atoms. The molecule has 25 heavy (non-hydrogen) atoms. The van der Waals surface area contributed by atoms with Gasteiger partial charge in [0.15, 0.2) is 5.76 Å². The van der Waals surface area contributed by atoms with Crippen LogP contribution >= 0.6 is 0 Å². The van der Waals surface area contributed by atoms with E-state index in [1.807, 2.05) is 44.2 Å². The van der Waals surface area contributed by atoms with Gasteiger partial charge in [-0.25, -0.2) is 4.79 Å². The van der Waals surface area contributed by atoms with Gasteiger partial charge in [-0.1, -0.05) is 30.3 Å². The van der Waals surface area contributed by atoms with E-state index < -0.39 is 6.09 Å². The lowest BCUT2D eigenvalue weighted by Gasteiger charge is -2.17. The first kappa shape index (κ1) is 16.8. The second-order valence-electron chi connectivity index (χ2n) is 5.55. The highest BCUT2D eigenvalue weighted by molar-refractivity contribution is 6.14. The standard InChI is InChI=1S/C20H19NO4/c1-3-21(4-2)20(23)24-15-10-11-16-17(13-15)25-18(19(16)22)12-14-8-6-5-7-9-14/h5-13H,3-4H2,1-2H3. The van der Waals surface area contributed by atoms with Crippen LogP contribution in [0, 0.1) is 0 Å². The Hall–Kier alpha value is -3.08. The molecule has 5 heteroatoms. The van der Waals surface area contributed by atoms with Gasteiger partial charge in [0.2, 0.25) is 5.78 Å². The first-order valence-corrected chi connectivity index (χ1v) is 8.22. The van der Waals surface area contributed by atoms with Gasteiger partial charge in [-0.3, -0.25) is 4.79 Å². The summed E-state index contributed by atoms with van der Waals surface area (Å²) >= 11 is 0. The van der Waals surface area contributed by atoms with Gasteiger partial charge in [0.05, 0.1) is 5.56 Å². The van der Waals surface area contributed by atoms with Crippen LogP contribution in [0.4, 0.5) is 4.79 Å². The molecule has 0 aromatic heterocycles. The molecule has 1 heterocycles. The van der Waals surface area contributed by atoms with E-state index in [1.54, 1.807) is 29.2 Å². The number of benzene rings is 2. The number of Topliss-reactive ketones (excluding diaryl/α,β-unsaturated/α-hetero) is 1. The SMILES string of the molecule is CCN(CC)C(=O)Oc1ccc2c(c1)OC(=Cc1ccccc1)C2=O. The molecular weight excluding hydrogens is 318 g/mol. The van der Waals surface area contributed by atoms with Crippen LogP contribution in [-0.2, 0) is 0 Å². The second kappa shape index (κ2) is 7.21. The molecule has 2 aromatic rings. The number of hydrogen-bond acceptors (Lipinski definition) is 4. The summed E-state index contributed by atoms with van der Waals surface area (Å²) < 4.78 is 11.0. The Labute approximate surface area is 146 Å². The van der Waals surface area contributed by atoms with Crippen molar-refractivity contribution in [3.63, 3.8) is 0 Å². The van der Waals surface area contributed by atoms with Gasteiger partial charge in [0, 0.05) is 19.2 Å². The van der Waals surface area contributed by atoms with Crippen LogP contribution in [0.2, 0.25) is 0 Å². The second-order valence-corrected chi connectivity index (χ2v) is 5.55. The minimum absolute atomic E-state index is 0.180. The van der Waals surface area contributed by atoms with Gasteiger partial charge in [0.1, 0.15) is 11.5 Å². The van der Waals surface area contributed by atoms with E-state index >= 15 is 0 Å². The molecule has 0 N–H and O–H groups in total. The number of fused-ring (bicyclic) bond motifs is 1. The molecule has 0 spiro atoms. The first-order valence-electron chi connectivity index (χ1n) is 8.22. The van der Waals surface area contributed by atoms with Crippen LogP contribution in [0.15, 0.2) is 54.3 Å². The topological polar surface area (TPSA) is 55.8 Å². The van der Waals surface area contributed by atoms with Crippen LogP contribution in [0.5, 0.6) is 11.5 Å². The average Bonchev–Trinajstić information content (AvgIpc) is 2.92. The van der Waals surface area contributed by atoms with Crippen molar-refractivity contribution < 1.29 is 19.1 Å². The molecule has 1 aliphatic heterocycles. The fourth-order valence-electron chi connectivity index (χ4n) is 2.58. The van der Waals surface area contributed by atoms with Crippen molar-refractivity contribution in [3.8, 4) is 11.5 Å². The molecule has 128 valence electrons. The molecule has 5 nitrogen and oxygen atoms in total. The normalized spacial score (nSPS) is 14.2. The highest BCUT2D eigenvalue weighted by Crippen LogP contribution is 2.35. The van der Waals surface area contributed by atoms with Crippen LogP contribution in [0.25, 0.3) is 6.08 Å². The third-order valence-electron chi connectivity index (χ3n) is 3.97. The zero-order valence-electron chi connectivity index (χ0n) is 14.2. The van der Waals surface area contributed by atoms with Gasteiger partial charge < -0.3 is 14.4 Å². The van der Waals surface area contributed by atoms with Crippen LogP contribution in [0.3, 0.4) is 0 Å². The summed E-state index contributed by atoms with van der Waals surface area (Å²) in [5, 5.41) is 0. The predicted octanol–water partition coefficient (Wildman–Crippen LogP) is 4.14. The Kier molecular flexibility index (Phi) is 4.84. The zero-order valence-corrected chi connectivity index (χ0v) is 14.2. The number of carbonyl (C=O) groups excluding carboxylic acids is 2. The van der Waals surface area contributed by atoms with Crippen molar-refractivity contribution in [2.24, 2.45) is 0 Å². The van der Waals surface area contributed by atoms with Gasteiger partial charge in [-0.15, -0.1) is 0 Å². The van der Waals surface area contributed by atoms with E-state index in [0.29, 0.717) is 30.2 Å². The van der Waals surface area contributed by atoms with E-state index in [4.69, 9.17) is 9.47 Å². The van der Waals surface area contributed by atoms with Crippen molar-refractivity contribution in [2.45, 2.75) is 13.8 Å². The van der Waals surface area contributed by atoms with Crippen LogP contribution < -0.4 is 9.47 Å². The summed E-state index contributed by atoms with van der Waals surface area (Å²) in [4.78, 5) is 26.0. The molecule has 0 radical (unpaired) electrons. The minimum Gasteiger partial charge on any atom is -0.452 e. The third kappa shape index (κ3) is 3.55. The van der Waals surface area contributed by atoms with E-state index in [1.165, 1.54) is 0 Å². The quantitative estimate of drug-likeness (QED) is 0.787. The maximum Gasteiger partial charge on any atom is 0.415 e. The lowest BCUT2D eigenvalue weighted by atomic mass is 10.1. The van der Waals surface area contributed by atoms with Crippen molar-refractivity contribution in [1.82, 2.24) is 4.90 Å². The fourth-order valence-corrected chi connectivity index (χ4v) is 2.58. The molecule has 1 aliphatic rings. The summed E-state index contributed by atoms with van der Waals surface area (Å²) in [6.07, 6.45) is 1.28. The number of allylic oxidation sites excluding steroid dienone is 1. The lowest BCUT2D eigenvalue weighted by Crippen LogP contribution is -2.33. The van der Waals surface area contributed by atoms with E-state index in [0.717, 1.165) is 5.56 Å². The molecule has 2 aromatic carbocycles. The summed E-state index contributed by atoms with van der Waals surface area (Å²) in [5.74, 6) is 0.829. The van der Waals surface area contributed by atoms with Crippen molar-refractivity contribution in [1.29, 1.82) is 0 Å². The van der Waals surface area contributed by atoms with E-state index in [2.05, 4.69) is 0 Å². The highest BCUT2D eigenvalue weighted by atomic mass is 16.6. The van der Waals surface area contributed by atoms with Gasteiger partial charge in [0.25, 0.3) is 0 Å². The monoisotopic (exact) mass is 337 g/mol. The molecule has 0 fully saturated rings. The number of ether oxygens (including phenoxy) is 2. The third-order valence-corrected chi connectivity index (χ3v) is 3.97. The predicted molar refractivity (Wildman–Crippen MR) is 94.8 cm³/mol. The summed E-state index contributed by atoms with van der Waals surface area (Å²) in [6, 6.07) is 14.3. The van der Waals surface area contributed by atoms with Crippen molar-refractivity contribution >= 4 is 18.0 Å². The smallest absolute Gasteiger partial charge is 0.415 e. The highest BCUT2D eigenvalue weighted by Gasteiger charge is 2.28. The average molecular weight is 337 g/mol. The molecule has 0 saturated heterocycles. The Balaban J connectivity index is 1.80. The Morgan fingerprint density at radius 3 is 2.52 bits per heavy atom. The molecule has 3 rings (SSSR count). The summed E-state index contributed by atoms with van der Waals surface area (Å²) in [7, 11) is 0. The molecule has 0 saturated carbocycles. The Morgan fingerprint density at radius 1 is 1.12 bits per heavy atom. The number of hydrogen-bond donors (Lipinski definition) is 0. The number of carbonyl (C=O) groups is 2. The van der Waals surface area contributed by atoms with Gasteiger partial charge in [-0.2, -0.15) is 0 Å². The maximum atomic E-state index is 12.4. The van der Waals surface area contributed by atoms with Gasteiger partial charge in [-0.05, 0) is 37.6 Å². The van der Waals surface area contributed by atoms with Crippen LogP contribution in [-0.4, -0.2) is 29.9 Å². The summed E-state index contributed by atoms with van der Waals surface area (Å²) in [5.41, 5.74) is 1.34. The largest absolute Gasteiger partial charge is 0.452 e. The first-order chi connectivity index (χ1) is 12.1. The summed E-state index contributed by atoms with van der Waals surface area (Å²) in [6.45, 7) is 4.91. The molecule has 1 amide bonds. The van der Waals surface area contributed by atoms with Crippen LogP contribution in [0.1, 0.15) is 29.8 Å². The van der Waals surface area contributed by atoms with E-state index in [9.17, 15) is 9.59 Å². The Morgan fingerprint density at radius 2 is 1.84 bits per heavy atom. The number of rotatable bonds is 4. The fraction of sp³-hybridized carbons (Fsp3) is 0.200. The minimum atomic E-state index is -0.422. The van der Waals surface area contributed by atoms with Crippen molar-refractivity contribution in [2.75, 3.05) is 13.1 Å². The molecule has 0 unspecified atom stereocenters. The molecule has 0 aliphatic carbocycles.